The van der Waals surface area contributed by atoms with Gasteiger partial charge >= 0.3 is 0 Å². The van der Waals surface area contributed by atoms with Crippen LogP contribution < -0.4 is 4.90 Å². The smallest absolute Gasteiger partial charge is 0.254 e. The van der Waals surface area contributed by atoms with Gasteiger partial charge in [-0.25, -0.2) is 0 Å². The van der Waals surface area contributed by atoms with E-state index in [1.807, 2.05) is 43.3 Å². The van der Waals surface area contributed by atoms with Gasteiger partial charge in [-0.05, 0) is 48.0 Å². The lowest BCUT2D eigenvalue weighted by atomic mass is 10.0. The number of halogens is 1. The number of carbonyl (C=O) groups is 3. The standard InChI is InChI=1S/C24H22ClN3O3/c1-2-26(24(31)21-9-5-7-17-6-3-4-8-20(17)21)14-22(29)27-15-23(30)28(16-27)19-12-10-18(25)11-13-19/h3-13H,2,14-16H2,1H3. The van der Waals surface area contributed by atoms with E-state index in [1.54, 1.807) is 30.3 Å². The van der Waals surface area contributed by atoms with Crippen molar-refractivity contribution in [3.63, 3.8) is 0 Å². The first kappa shape index (κ1) is 20.9. The largest absolute Gasteiger partial charge is 0.330 e. The zero-order valence-electron chi connectivity index (χ0n) is 17.1. The second-order valence-electron chi connectivity index (χ2n) is 7.38. The number of rotatable bonds is 5. The van der Waals surface area contributed by atoms with Crippen molar-refractivity contribution in [1.29, 1.82) is 0 Å². The zero-order valence-corrected chi connectivity index (χ0v) is 17.9. The van der Waals surface area contributed by atoms with Gasteiger partial charge in [-0.2, -0.15) is 0 Å². The molecule has 0 unspecified atom stereocenters. The molecule has 158 valence electrons. The summed E-state index contributed by atoms with van der Waals surface area (Å²) in [7, 11) is 0. The number of fused-ring (bicyclic) bond motifs is 1. The van der Waals surface area contributed by atoms with Gasteiger partial charge in [0.05, 0.1) is 0 Å². The topological polar surface area (TPSA) is 60.9 Å². The highest BCUT2D eigenvalue weighted by atomic mass is 35.5. The molecule has 0 atom stereocenters. The van der Waals surface area contributed by atoms with Crippen molar-refractivity contribution >= 4 is 45.8 Å². The molecule has 31 heavy (non-hydrogen) atoms. The number of hydrogen-bond donors (Lipinski definition) is 0. The Morgan fingerprint density at radius 3 is 2.45 bits per heavy atom. The molecule has 0 N–H and O–H groups in total. The lowest BCUT2D eigenvalue weighted by Crippen LogP contribution is -2.42. The molecule has 3 aromatic rings. The second kappa shape index (κ2) is 8.78. The van der Waals surface area contributed by atoms with Gasteiger partial charge in [-0.3, -0.25) is 19.3 Å². The monoisotopic (exact) mass is 435 g/mol. The van der Waals surface area contributed by atoms with Crippen LogP contribution in [0.15, 0.2) is 66.7 Å². The molecule has 1 fully saturated rings. The van der Waals surface area contributed by atoms with E-state index in [9.17, 15) is 14.4 Å². The van der Waals surface area contributed by atoms with E-state index >= 15 is 0 Å². The molecular weight excluding hydrogens is 414 g/mol. The number of carbonyl (C=O) groups excluding carboxylic acids is 3. The molecule has 7 heteroatoms. The Labute approximate surface area is 185 Å². The predicted molar refractivity (Wildman–Crippen MR) is 121 cm³/mol. The fourth-order valence-electron chi connectivity index (χ4n) is 3.73. The molecule has 0 spiro atoms. The van der Waals surface area contributed by atoms with Crippen molar-refractivity contribution in [2.45, 2.75) is 6.92 Å². The number of likely N-dealkylation sites (N-methyl/N-ethyl adjacent to an activating group) is 1. The average Bonchev–Trinajstić information content (AvgIpc) is 3.18. The van der Waals surface area contributed by atoms with Crippen LogP contribution in [0, 0.1) is 0 Å². The minimum absolute atomic E-state index is 0.0124. The van der Waals surface area contributed by atoms with Crippen molar-refractivity contribution in [2.24, 2.45) is 0 Å². The molecule has 0 aliphatic carbocycles. The van der Waals surface area contributed by atoms with Gasteiger partial charge in [0.25, 0.3) is 5.91 Å². The van der Waals surface area contributed by atoms with Crippen molar-refractivity contribution in [1.82, 2.24) is 9.80 Å². The van der Waals surface area contributed by atoms with Gasteiger partial charge in [-0.1, -0.05) is 48.0 Å². The van der Waals surface area contributed by atoms with E-state index in [1.165, 1.54) is 14.7 Å². The van der Waals surface area contributed by atoms with Crippen molar-refractivity contribution in [3.05, 3.63) is 77.3 Å². The lowest BCUT2D eigenvalue weighted by molar-refractivity contribution is -0.132. The van der Waals surface area contributed by atoms with Crippen LogP contribution in [0.25, 0.3) is 10.8 Å². The Morgan fingerprint density at radius 2 is 1.71 bits per heavy atom. The molecule has 1 aliphatic rings. The van der Waals surface area contributed by atoms with E-state index in [4.69, 9.17) is 11.6 Å². The molecule has 0 radical (unpaired) electrons. The second-order valence-corrected chi connectivity index (χ2v) is 7.81. The first-order chi connectivity index (χ1) is 15.0. The predicted octanol–water partition coefficient (Wildman–Crippen LogP) is 3.79. The van der Waals surface area contributed by atoms with Gasteiger partial charge in [0.1, 0.15) is 19.8 Å². The summed E-state index contributed by atoms with van der Waals surface area (Å²) in [5.41, 5.74) is 1.25. The summed E-state index contributed by atoms with van der Waals surface area (Å²) in [5, 5.41) is 2.40. The SMILES string of the molecule is CCN(CC(=O)N1CC(=O)N(c2ccc(Cl)cc2)C1)C(=O)c1cccc2ccccc12. The number of amides is 3. The molecule has 1 saturated heterocycles. The van der Waals surface area contributed by atoms with Crippen molar-refractivity contribution in [2.75, 3.05) is 31.2 Å². The number of nitrogens with zero attached hydrogens (tertiary/aromatic N) is 3. The molecule has 4 rings (SSSR count). The highest BCUT2D eigenvalue weighted by Crippen LogP contribution is 2.23. The first-order valence-corrected chi connectivity index (χ1v) is 10.5. The quantitative estimate of drug-likeness (QED) is 0.612. The highest BCUT2D eigenvalue weighted by molar-refractivity contribution is 6.30. The number of anilines is 1. The zero-order chi connectivity index (χ0) is 22.0. The third kappa shape index (κ3) is 4.25. The molecule has 0 aromatic heterocycles. The van der Waals surface area contributed by atoms with E-state index in [2.05, 4.69) is 0 Å². The van der Waals surface area contributed by atoms with E-state index in [0.717, 1.165) is 10.8 Å². The maximum atomic E-state index is 13.2. The Balaban J connectivity index is 1.48. The fourth-order valence-corrected chi connectivity index (χ4v) is 3.86. The third-order valence-corrected chi connectivity index (χ3v) is 5.70. The van der Waals surface area contributed by atoms with Crippen LogP contribution in [0.1, 0.15) is 17.3 Å². The highest BCUT2D eigenvalue weighted by Gasteiger charge is 2.33. The van der Waals surface area contributed by atoms with Crippen molar-refractivity contribution < 1.29 is 14.4 Å². The lowest BCUT2D eigenvalue weighted by Gasteiger charge is -2.24. The molecule has 0 saturated carbocycles. The molecule has 1 aliphatic heterocycles. The molecular formula is C24H22ClN3O3. The summed E-state index contributed by atoms with van der Waals surface area (Å²) < 4.78 is 0. The Hall–Kier alpha value is -3.38. The summed E-state index contributed by atoms with van der Waals surface area (Å²) in [4.78, 5) is 43.1. The van der Waals surface area contributed by atoms with E-state index in [-0.39, 0.29) is 37.5 Å². The van der Waals surface area contributed by atoms with Gasteiger partial charge in [-0.15, -0.1) is 0 Å². The van der Waals surface area contributed by atoms with Gasteiger partial charge in [0.15, 0.2) is 0 Å². The Morgan fingerprint density at radius 1 is 1.00 bits per heavy atom. The Bertz CT molecular complexity index is 1140. The summed E-state index contributed by atoms with van der Waals surface area (Å²) in [6.07, 6.45) is 0. The van der Waals surface area contributed by atoms with Gasteiger partial charge in [0, 0.05) is 22.8 Å². The van der Waals surface area contributed by atoms with Crippen LogP contribution in [0.4, 0.5) is 5.69 Å². The summed E-state index contributed by atoms with van der Waals surface area (Å²) in [6.45, 7) is 2.28. The fraction of sp³-hybridized carbons (Fsp3) is 0.208. The van der Waals surface area contributed by atoms with Crippen molar-refractivity contribution in [3.8, 4) is 0 Å². The van der Waals surface area contributed by atoms with E-state index < -0.39 is 0 Å². The molecule has 3 aromatic carbocycles. The van der Waals surface area contributed by atoms with Crippen LogP contribution >= 0.6 is 11.6 Å². The maximum Gasteiger partial charge on any atom is 0.254 e. The molecule has 6 nitrogen and oxygen atoms in total. The average molecular weight is 436 g/mol. The Kier molecular flexibility index (Phi) is 5.91. The molecule has 0 bridgehead atoms. The minimum Gasteiger partial charge on any atom is -0.330 e. The minimum atomic E-state index is -0.264. The van der Waals surface area contributed by atoms with Gasteiger partial charge < -0.3 is 9.80 Å². The van der Waals surface area contributed by atoms with Crippen LogP contribution in [-0.4, -0.2) is 53.8 Å². The summed E-state index contributed by atoms with van der Waals surface area (Å²) >= 11 is 5.92. The number of benzene rings is 3. The maximum absolute atomic E-state index is 13.2. The van der Waals surface area contributed by atoms with Crippen LogP contribution in [0.5, 0.6) is 0 Å². The van der Waals surface area contributed by atoms with Crippen LogP contribution in [0.2, 0.25) is 5.02 Å². The van der Waals surface area contributed by atoms with Gasteiger partial charge in [0.2, 0.25) is 11.8 Å². The van der Waals surface area contributed by atoms with Crippen LogP contribution in [-0.2, 0) is 9.59 Å². The third-order valence-electron chi connectivity index (χ3n) is 5.45. The number of hydrogen-bond acceptors (Lipinski definition) is 3. The van der Waals surface area contributed by atoms with Crippen LogP contribution in [0.3, 0.4) is 0 Å². The molecule has 3 amide bonds. The summed E-state index contributed by atoms with van der Waals surface area (Å²) in [5.74, 6) is -0.632. The first-order valence-electron chi connectivity index (χ1n) is 10.1. The molecule has 1 heterocycles. The normalized spacial score (nSPS) is 13.7. The summed E-state index contributed by atoms with van der Waals surface area (Å²) in [6, 6.07) is 20.1. The van der Waals surface area contributed by atoms with E-state index in [0.29, 0.717) is 22.8 Å².